The van der Waals surface area contributed by atoms with Crippen molar-refractivity contribution < 1.29 is 13.5 Å². The van der Waals surface area contributed by atoms with Crippen LogP contribution in [0.2, 0.25) is 5.02 Å². The van der Waals surface area contributed by atoms with E-state index in [1.807, 2.05) is 0 Å². The molecule has 0 radical (unpaired) electrons. The Morgan fingerprint density at radius 3 is 2.56 bits per heavy atom. The smallest absolute Gasteiger partial charge is 0.285 e. The molecule has 1 rings (SSSR count). The van der Waals surface area contributed by atoms with Crippen LogP contribution in [0.1, 0.15) is 11.1 Å². The van der Waals surface area contributed by atoms with E-state index in [-0.39, 0.29) is 10.6 Å². The molecule has 0 heterocycles. The highest BCUT2D eigenvalue weighted by Gasteiger charge is 2.33. The maximum Gasteiger partial charge on any atom is 0.285 e. The van der Waals surface area contributed by atoms with Gasteiger partial charge in [-0.15, -0.1) is 0 Å². The highest BCUT2D eigenvalue weighted by Crippen LogP contribution is 2.36. The number of likely N-dealkylation sites (N-methyl/N-ethyl adjacent to an activating group) is 1. The third-order valence-electron chi connectivity index (χ3n) is 2.29. The Balaban J connectivity index is 3.20. The molecule has 0 aromatic heterocycles. The van der Waals surface area contributed by atoms with Gasteiger partial charge in [-0.05, 0) is 31.7 Å². The van der Waals surface area contributed by atoms with Crippen LogP contribution in [-0.2, 0) is 5.92 Å². The molecule has 1 aromatic rings. The zero-order valence-corrected chi connectivity index (χ0v) is 10.2. The number of halogens is 3. The van der Waals surface area contributed by atoms with Gasteiger partial charge < -0.3 is 10.1 Å². The Morgan fingerprint density at radius 2 is 2.06 bits per heavy atom. The van der Waals surface area contributed by atoms with Crippen LogP contribution in [0.4, 0.5) is 8.78 Å². The predicted octanol–water partition coefficient (Wildman–Crippen LogP) is 2.97. The second-order valence-corrected chi connectivity index (χ2v) is 3.94. The van der Waals surface area contributed by atoms with Gasteiger partial charge in [0, 0.05) is 5.56 Å². The van der Waals surface area contributed by atoms with Crippen molar-refractivity contribution in [2.24, 2.45) is 0 Å². The van der Waals surface area contributed by atoms with Crippen LogP contribution in [0.5, 0.6) is 5.75 Å². The number of nitrogens with one attached hydrogen (secondary N) is 1. The normalized spacial score (nSPS) is 11.6. The van der Waals surface area contributed by atoms with E-state index in [0.717, 1.165) is 0 Å². The Bertz CT molecular complexity index is 382. The number of hydrogen-bond donors (Lipinski definition) is 1. The summed E-state index contributed by atoms with van der Waals surface area (Å²) in [5.74, 6) is -2.53. The summed E-state index contributed by atoms with van der Waals surface area (Å²) in [7, 11) is 2.93. The number of aryl methyl sites for hydroxylation is 1. The van der Waals surface area contributed by atoms with E-state index in [1.165, 1.54) is 26.3 Å². The van der Waals surface area contributed by atoms with Gasteiger partial charge in [0.2, 0.25) is 0 Å². The molecule has 90 valence electrons. The maximum atomic E-state index is 13.7. The first kappa shape index (κ1) is 13.2. The molecule has 0 spiro atoms. The third kappa shape index (κ3) is 2.62. The molecule has 0 aliphatic carbocycles. The summed E-state index contributed by atoms with van der Waals surface area (Å²) in [4.78, 5) is 0. The lowest BCUT2D eigenvalue weighted by Gasteiger charge is -2.19. The predicted molar refractivity (Wildman–Crippen MR) is 60.6 cm³/mol. The van der Waals surface area contributed by atoms with Gasteiger partial charge in [0.25, 0.3) is 5.92 Å². The Kier molecular flexibility index (Phi) is 4.10. The minimum absolute atomic E-state index is 0.0762. The summed E-state index contributed by atoms with van der Waals surface area (Å²) in [6, 6.07) is 2.77. The largest absolute Gasteiger partial charge is 0.495 e. The number of methoxy groups -OCH3 is 1. The number of hydrogen-bond acceptors (Lipinski definition) is 2. The first-order valence-electron chi connectivity index (χ1n) is 4.79. The monoisotopic (exact) mass is 249 g/mol. The van der Waals surface area contributed by atoms with Gasteiger partial charge in [0.05, 0.1) is 18.7 Å². The second-order valence-electron chi connectivity index (χ2n) is 3.54. The lowest BCUT2D eigenvalue weighted by Crippen LogP contribution is -2.28. The van der Waals surface area contributed by atoms with Crippen LogP contribution in [0.3, 0.4) is 0 Å². The molecule has 0 atom stereocenters. The highest BCUT2D eigenvalue weighted by atomic mass is 35.5. The summed E-state index contributed by atoms with van der Waals surface area (Å²) >= 11 is 5.83. The topological polar surface area (TPSA) is 21.3 Å². The van der Waals surface area contributed by atoms with Gasteiger partial charge in [-0.1, -0.05) is 11.6 Å². The molecule has 2 nitrogen and oxygen atoms in total. The molecule has 0 aliphatic heterocycles. The van der Waals surface area contributed by atoms with E-state index in [0.29, 0.717) is 11.3 Å². The van der Waals surface area contributed by atoms with Crippen LogP contribution in [0, 0.1) is 6.92 Å². The summed E-state index contributed by atoms with van der Waals surface area (Å²) in [6.07, 6.45) is 0. The lowest BCUT2D eigenvalue weighted by atomic mass is 10.0. The molecular weight excluding hydrogens is 236 g/mol. The van der Waals surface area contributed by atoms with Gasteiger partial charge in [-0.3, -0.25) is 0 Å². The minimum atomic E-state index is -2.94. The van der Waals surface area contributed by atoms with E-state index in [2.05, 4.69) is 5.32 Å². The molecule has 0 aliphatic rings. The molecule has 0 unspecified atom stereocenters. The summed E-state index contributed by atoms with van der Waals surface area (Å²) in [5.41, 5.74) is 0.383. The van der Waals surface area contributed by atoms with Crippen molar-refractivity contribution in [3.8, 4) is 5.75 Å². The van der Waals surface area contributed by atoms with Gasteiger partial charge >= 0.3 is 0 Å². The maximum absolute atomic E-state index is 13.7. The quantitative estimate of drug-likeness (QED) is 0.886. The molecular formula is C11H14ClF2NO. The van der Waals surface area contributed by atoms with E-state index < -0.39 is 12.5 Å². The van der Waals surface area contributed by atoms with Crippen molar-refractivity contribution in [3.63, 3.8) is 0 Å². The van der Waals surface area contributed by atoms with Crippen LogP contribution < -0.4 is 10.1 Å². The minimum Gasteiger partial charge on any atom is -0.495 e. The van der Waals surface area contributed by atoms with E-state index in [9.17, 15) is 8.78 Å². The summed E-state index contributed by atoms with van der Waals surface area (Å²) in [6.45, 7) is 1.19. The zero-order chi connectivity index (χ0) is 12.3. The van der Waals surface area contributed by atoms with E-state index in [4.69, 9.17) is 16.3 Å². The highest BCUT2D eigenvalue weighted by molar-refractivity contribution is 6.32. The summed E-state index contributed by atoms with van der Waals surface area (Å²) < 4.78 is 32.3. The number of rotatable bonds is 4. The van der Waals surface area contributed by atoms with Crippen molar-refractivity contribution in [1.29, 1.82) is 0 Å². The fourth-order valence-electron chi connectivity index (χ4n) is 1.52. The first-order chi connectivity index (χ1) is 7.42. The van der Waals surface area contributed by atoms with Gasteiger partial charge in [0.1, 0.15) is 5.75 Å². The average Bonchev–Trinajstić information content (AvgIpc) is 2.20. The average molecular weight is 250 g/mol. The fourth-order valence-corrected chi connectivity index (χ4v) is 1.76. The van der Waals surface area contributed by atoms with Crippen LogP contribution in [-0.4, -0.2) is 20.7 Å². The van der Waals surface area contributed by atoms with Crippen molar-refractivity contribution in [1.82, 2.24) is 5.32 Å². The summed E-state index contributed by atoms with van der Waals surface area (Å²) in [5, 5.41) is 2.65. The Morgan fingerprint density at radius 1 is 1.44 bits per heavy atom. The molecule has 0 fully saturated rings. The zero-order valence-electron chi connectivity index (χ0n) is 9.40. The van der Waals surface area contributed by atoms with Crippen LogP contribution >= 0.6 is 11.6 Å². The first-order valence-corrected chi connectivity index (χ1v) is 5.17. The lowest BCUT2D eigenvalue weighted by molar-refractivity contribution is -0.00188. The van der Waals surface area contributed by atoms with E-state index >= 15 is 0 Å². The van der Waals surface area contributed by atoms with Gasteiger partial charge in [-0.25, -0.2) is 0 Å². The molecule has 5 heteroatoms. The van der Waals surface area contributed by atoms with Crippen molar-refractivity contribution >= 4 is 11.6 Å². The second kappa shape index (κ2) is 4.97. The molecule has 0 saturated heterocycles. The van der Waals surface area contributed by atoms with Crippen LogP contribution in [0.15, 0.2) is 12.1 Å². The molecule has 0 bridgehead atoms. The number of alkyl halides is 2. The molecule has 1 aromatic carbocycles. The Hall–Kier alpha value is -0.870. The third-order valence-corrected chi connectivity index (χ3v) is 2.59. The van der Waals surface area contributed by atoms with Gasteiger partial charge in [-0.2, -0.15) is 8.78 Å². The van der Waals surface area contributed by atoms with Crippen LogP contribution in [0.25, 0.3) is 0 Å². The number of benzene rings is 1. The van der Waals surface area contributed by atoms with Gasteiger partial charge in [0.15, 0.2) is 0 Å². The number of ether oxygens (including phenoxy) is 1. The molecule has 0 amide bonds. The van der Waals surface area contributed by atoms with Crippen molar-refractivity contribution in [2.75, 3.05) is 20.7 Å². The Labute approximate surface area is 98.6 Å². The fraction of sp³-hybridized carbons (Fsp3) is 0.455. The van der Waals surface area contributed by atoms with Crippen molar-refractivity contribution in [3.05, 3.63) is 28.3 Å². The molecule has 0 saturated carbocycles. The van der Waals surface area contributed by atoms with Crippen molar-refractivity contribution in [2.45, 2.75) is 12.8 Å². The standard InChI is InChI=1S/C11H14ClF2NO/c1-7-4-10(16-3)9(12)5-8(7)11(13,14)6-15-2/h4-5,15H,6H2,1-3H3. The molecule has 1 N–H and O–H groups in total. The SMILES string of the molecule is CNCC(F)(F)c1cc(Cl)c(OC)cc1C. The molecule has 16 heavy (non-hydrogen) atoms. The van der Waals surface area contributed by atoms with E-state index in [1.54, 1.807) is 6.92 Å².